The minimum atomic E-state index is -0.247. The highest BCUT2D eigenvalue weighted by Gasteiger charge is 2.17. The number of carbonyl (C=O) groups is 1. The molecule has 0 saturated carbocycles. The zero-order valence-electron chi connectivity index (χ0n) is 22.5. The lowest BCUT2D eigenvalue weighted by Gasteiger charge is -2.15. The van der Waals surface area contributed by atoms with E-state index in [-0.39, 0.29) is 5.91 Å². The molecule has 0 aliphatic carbocycles. The van der Waals surface area contributed by atoms with E-state index in [1.807, 2.05) is 78.9 Å². The molecule has 0 spiro atoms. The van der Waals surface area contributed by atoms with E-state index < -0.39 is 0 Å². The first kappa shape index (κ1) is 26.0. The molecule has 1 amide bonds. The normalized spacial score (nSPS) is 10.9. The average molecular weight is 521 g/mol. The molecule has 0 bridgehead atoms. The number of nitrogens with zero attached hydrogens (tertiary/aromatic N) is 2. The molecule has 2 heterocycles. The van der Waals surface area contributed by atoms with E-state index in [0.29, 0.717) is 28.5 Å². The van der Waals surface area contributed by atoms with Crippen molar-refractivity contribution in [1.82, 2.24) is 9.97 Å². The molecule has 0 unspecified atom stereocenters. The predicted octanol–water partition coefficient (Wildman–Crippen LogP) is 7.32. The molecule has 0 atom stereocenters. The summed E-state index contributed by atoms with van der Waals surface area (Å²) in [6.45, 7) is 3.03. The van der Waals surface area contributed by atoms with Crippen LogP contribution in [0.4, 0.5) is 11.6 Å². The van der Waals surface area contributed by atoms with Crippen molar-refractivity contribution in [3.8, 4) is 22.6 Å². The van der Waals surface area contributed by atoms with Crippen molar-refractivity contribution < 1.29 is 14.3 Å². The van der Waals surface area contributed by atoms with E-state index in [2.05, 4.69) is 17.6 Å². The number of amides is 1. The van der Waals surface area contributed by atoms with Crippen LogP contribution in [-0.2, 0) is 0 Å². The van der Waals surface area contributed by atoms with Crippen molar-refractivity contribution in [3.63, 3.8) is 0 Å². The maximum atomic E-state index is 13.6. The smallest absolute Gasteiger partial charge is 0.257 e. The van der Waals surface area contributed by atoms with Crippen LogP contribution in [-0.4, -0.2) is 36.6 Å². The Morgan fingerprint density at radius 3 is 2.36 bits per heavy atom. The number of fused-ring (bicyclic) bond motifs is 2. The molecule has 3 aromatic carbocycles. The summed E-state index contributed by atoms with van der Waals surface area (Å²) in [4.78, 5) is 23.2. The van der Waals surface area contributed by atoms with Gasteiger partial charge >= 0.3 is 0 Å². The van der Waals surface area contributed by atoms with Gasteiger partial charge in [-0.15, -0.1) is 0 Å². The van der Waals surface area contributed by atoms with Crippen LogP contribution in [0.25, 0.3) is 32.9 Å². The van der Waals surface area contributed by atoms with Crippen molar-refractivity contribution >= 4 is 39.3 Å². The average Bonchev–Trinajstić information content (AvgIpc) is 2.98. The van der Waals surface area contributed by atoms with Crippen LogP contribution >= 0.6 is 0 Å². The van der Waals surface area contributed by atoms with Gasteiger partial charge in [-0.05, 0) is 59.2 Å². The summed E-state index contributed by atoms with van der Waals surface area (Å²) in [5.74, 6) is 2.20. The van der Waals surface area contributed by atoms with E-state index >= 15 is 0 Å². The molecule has 2 aromatic heterocycles. The van der Waals surface area contributed by atoms with E-state index in [1.54, 1.807) is 14.2 Å². The molecule has 0 fully saturated rings. The minimum Gasteiger partial charge on any atom is -0.497 e. The number of carbonyl (C=O) groups excluding carboxylic acids is 1. The Morgan fingerprint density at radius 1 is 0.821 bits per heavy atom. The van der Waals surface area contributed by atoms with E-state index in [1.165, 1.54) is 0 Å². The van der Waals surface area contributed by atoms with Crippen molar-refractivity contribution in [2.24, 2.45) is 0 Å². The molecule has 0 aliphatic rings. The molecule has 7 nitrogen and oxygen atoms in total. The summed E-state index contributed by atoms with van der Waals surface area (Å²) in [5.41, 5.74) is 2.65. The molecule has 198 valence electrons. The number of hydrogen-bond acceptors (Lipinski definition) is 6. The van der Waals surface area contributed by atoms with Crippen molar-refractivity contribution in [2.45, 2.75) is 26.2 Å². The summed E-state index contributed by atoms with van der Waals surface area (Å²) in [5, 5.41) is 9.18. The summed E-state index contributed by atoms with van der Waals surface area (Å²) in [7, 11) is 3.22. The Kier molecular flexibility index (Phi) is 7.87. The van der Waals surface area contributed by atoms with Gasteiger partial charge in [0, 0.05) is 29.1 Å². The quantitative estimate of drug-likeness (QED) is 0.188. The molecule has 2 N–H and O–H groups in total. The SMILES string of the molecule is CCCCCNc1ccc2cc(-c3cc(OC)cc(OC)c3)c(NC(=O)c3cccc4ccccc34)nc2n1. The molecule has 0 radical (unpaired) electrons. The van der Waals surface area contributed by atoms with Crippen molar-refractivity contribution in [1.29, 1.82) is 0 Å². The van der Waals surface area contributed by atoms with Gasteiger partial charge in [-0.2, -0.15) is 0 Å². The van der Waals surface area contributed by atoms with Crippen LogP contribution in [0.2, 0.25) is 0 Å². The van der Waals surface area contributed by atoms with Gasteiger partial charge in [-0.3, -0.25) is 4.79 Å². The van der Waals surface area contributed by atoms with Gasteiger partial charge < -0.3 is 20.1 Å². The standard InChI is InChI=1S/C32H32N4O3/c1-4-5-8-16-33-29-15-14-22-19-28(23-17-24(38-2)20-25(18-23)39-3)31(35-30(22)34-29)36-32(37)27-13-9-11-21-10-6-7-12-26(21)27/h6-7,9-15,17-20H,4-5,8,16H2,1-3H3,(H2,33,34,35,36,37). The Morgan fingerprint density at radius 2 is 1.59 bits per heavy atom. The third kappa shape index (κ3) is 5.77. The number of ether oxygens (including phenoxy) is 2. The van der Waals surface area contributed by atoms with Gasteiger partial charge in [0.25, 0.3) is 5.91 Å². The highest BCUT2D eigenvalue weighted by Crippen LogP contribution is 2.35. The van der Waals surface area contributed by atoms with Crippen LogP contribution in [0.1, 0.15) is 36.5 Å². The Balaban J connectivity index is 1.59. The number of methoxy groups -OCH3 is 2. The first-order valence-corrected chi connectivity index (χ1v) is 13.2. The number of nitrogens with one attached hydrogen (secondary N) is 2. The lowest BCUT2D eigenvalue weighted by molar-refractivity contribution is 0.102. The molecular weight excluding hydrogens is 488 g/mol. The zero-order chi connectivity index (χ0) is 27.2. The third-order valence-electron chi connectivity index (χ3n) is 6.69. The lowest BCUT2D eigenvalue weighted by atomic mass is 10.0. The second-order valence-electron chi connectivity index (χ2n) is 9.34. The monoisotopic (exact) mass is 520 g/mol. The van der Waals surface area contributed by atoms with Gasteiger partial charge in [0.15, 0.2) is 5.65 Å². The first-order chi connectivity index (χ1) is 19.1. The Hall–Kier alpha value is -4.65. The van der Waals surface area contributed by atoms with Gasteiger partial charge in [-0.25, -0.2) is 9.97 Å². The number of rotatable bonds is 10. The summed E-state index contributed by atoms with van der Waals surface area (Å²) < 4.78 is 11.0. The van der Waals surface area contributed by atoms with Gasteiger partial charge in [0.1, 0.15) is 23.1 Å². The number of aromatic nitrogens is 2. The molecule has 0 saturated heterocycles. The molecule has 7 heteroatoms. The zero-order valence-corrected chi connectivity index (χ0v) is 22.5. The molecule has 5 aromatic rings. The Labute approximate surface area is 228 Å². The fraction of sp³-hybridized carbons (Fsp3) is 0.219. The maximum absolute atomic E-state index is 13.6. The number of anilines is 2. The largest absolute Gasteiger partial charge is 0.497 e. The number of benzene rings is 3. The lowest BCUT2D eigenvalue weighted by Crippen LogP contribution is -2.14. The van der Waals surface area contributed by atoms with Crippen molar-refractivity contribution in [2.75, 3.05) is 31.4 Å². The molecule has 0 aliphatic heterocycles. The summed E-state index contributed by atoms with van der Waals surface area (Å²) in [6.07, 6.45) is 3.40. The fourth-order valence-electron chi connectivity index (χ4n) is 4.62. The van der Waals surface area contributed by atoms with Crippen molar-refractivity contribution in [3.05, 3.63) is 84.4 Å². The molecule has 39 heavy (non-hydrogen) atoms. The number of hydrogen-bond donors (Lipinski definition) is 2. The topological polar surface area (TPSA) is 85.4 Å². The second-order valence-corrected chi connectivity index (χ2v) is 9.34. The highest BCUT2D eigenvalue weighted by molar-refractivity contribution is 6.14. The number of pyridine rings is 2. The molecule has 5 rings (SSSR count). The van der Waals surface area contributed by atoms with Gasteiger partial charge in [-0.1, -0.05) is 56.2 Å². The van der Waals surface area contributed by atoms with Crippen LogP contribution in [0, 0.1) is 0 Å². The molecular formula is C32H32N4O3. The summed E-state index contributed by atoms with van der Waals surface area (Å²) >= 11 is 0. The number of unbranched alkanes of at least 4 members (excludes halogenated alkanes) is 2. The van der Waals surface area contributed by atoms with Crippen LogP contribution in [0.5, 0.6) is 11.5 Å². The highest BCUT2D eigenvalue weighted by atomic mass is 16.5. The van der Waals surface area contributed by atoms with E-state index in [0.717, 1.165) is 58.9 Å². The Bertz CT molecular complexity index is 1610. The summed E-state index contributed by atoms with van der Waals surface area (Å²) in [6, 6.07) is 25.1. The predicted molar refractivity (Wildman–Crippen MR) is 158 cm³/mol. The fourth-order valence-corrected chi connectivity index (χ4v) is 4.62. The first-order valence-electron chi connectivity index (χ1n) is 13.2. The van der Waals surface area contributed by atoms with Gasteiger partial charge in [0.2, 0.25) is 0 Å². The van der Waals surface area contributed by atoms with E-state index in [9.17, 15) is 4.79 Å². The third-order valence-corrected chi connectivity index (χ3v) is 6.69. The van der Waals surface area contributed by atoms with Crippen LogP contribution in [0.15, 0.2) is 78.9 Å². The maximum Gasteiger partial charge on any atom is 0.257 e. The van der Waals surface area contributed by atoms with Crippen LogP contribution in [0.3, 0.4) is 0 Å². The van der Waals surface area contributed by atoms with Crippen LogP contribution < -0.4 is 20.1 Å². The minimum absolute atomic E-state index is 0.247. The second kappa shape index (κ2) is 11.8. The van der Waals surface area contributed by atoms with Gasteiger partial charge in [0.05, 0.1) is 14.2 Å². The van der Waals surface area contributed by atoms with E-state index in [4.69, 9.17) is 19.4 Å².